The summed E-state index contributed by atoms with van der Waals surface area (Å²) in [6.45, 7) is 5.17. The predicted octanol–water partition coefficient (Wildman–Crippen LogP) is 1.36. The maximum absolute atomic E-state index is 11.8. The first-order valence-corrected chi connectivity index (χ1v) is 7.48. The summed E-state index contributed by atoms with van der Waals surface area (Å²) in [7, 11) is 1.17. The van der Waals surface area contributed by atoms with Crippen LogP contribution in [-0.2, 0) is 30.4 Å². The molecule has 1 aromatic rings. The van der Waals surface area contributed by atoms with Gasteiger partial charge in [-0.25, -0.2) is 9.59 Å². The van der Waals surface area contributed by atoms with Crippen molar-refractivity contribution in [1.82, 2.24) is 5.32 Å². The second kappa shape index (κ2) is 10.3. The molecule has 0 saturated carbocycles. The maximum Gasteiger partial charge on any atom is 0.408 e. The highest BCUT2D eigenvalue weighted by Crippen LogP contribution is 2.10. The first-order valence-electron chi connectivity index (χ1n) is 7.48. The molecule has 0 aliphatic rings. The Morgan fingerprint density at radius 2 is 1.72 bits per heavy atom. The number of rotatable bonds is 6. The molecule has 0 aromatic heterocycles. The number of ether oxygens (including phenoxy) is 3. The first-order chi connectivity index (χ1) is 11.2. The van der Waals surface area contributed by atoms with Gasteiger partial charge in [-0.3, -0.25) is 4.79 Å². The Labute approximate surface area is 146 Å². The molecule has 140 valence electrons. The van der Waals surface area contributed by atoms with Crippen molar-refractivity contribution in [2.75, 3.05) is 7.11 Å². The highest BCUT2D eigenvalue weighted by atomic mass is 16.6. The lowest BCUT2D eigenvalue weighted by atomic mass is 10.1. The summed E-state index contributed by atoms with van der Waals surface area (Å²) in [6, 6.07) is 7.90. The van der Waals surface area contributed by atoms with Gasteiger partial charge in [0.2, 0.25) is 0 Å². The topological polar surface area (TPSA) is 122 Å². The van der Waals surface area contributed by atoms with Crippen LogP contribution < -0.4 is 5.32 Å². The molecule has 0 saturated heterocycles. The van der Waals surface area contributed by atoms with E-state index in [2.05, 4.69) is 10.1 Å². The van der Waals surface area contributed by atoms with Crippen molar-refractivity contribution in [2.24, 2.45) is 0 Å². The van der Waals surface area contributed by atoms with Gasteiger partial charge in [0, 0.05) is 0 Å². The maximum atomic E-state index is 11.8. The van der Waals surface area contributed by atoms with E-state index in [1.54, 1.807) is 32.9 Å². The fraction of sp³-hybridized carbons (Fsp3) is 0.471. The summed E-state index contributed by atoms with van der Waals surface area (Å²) in [5.41, 5.74) is 0.111. The highest BCUT2D eigenvalue weighted by Gasteiger charge is 2.28. The number of benzene rings is 1. The molecule has 1 atom stereocenters. The summed E-state index contributed by atoms with van der Waals surface area (Å²) in [6.07, 6.45) is -1.16. The molecule has 0 heterocycles. The predicted molar refractivity (Wildman–Crippen MR) is 89.6 cm³/mol. The average Bonchev–Trinajstić information content (AvgIpc) is 2.50. The number of carbonyl (C=O) groups is 3. The van der Waals surface area contributed by atoms with Crippen molar-refractivity contribution in [2.45, 2.75) is 45.4 Å². The van der Waals surface area contributed by atoms with Gasteiger partial charge in [-0.05, 0) is 26.3 Å². The Morgan fingerprint density at radius 3 is 2.24 bits per heavy atom. The van der Waals surface area contributed by atoms with Crippen molar-refractivity contribution < 1.29 is 34.1 Å². The summed E-state index contributed by atoms with van der Waals surface area (Å²) in [4.78, 5) is 35.4. The molecule has 0 aliphatic carbocycles. The Hall–Kier alpha value is -2.61. The molecule has 8 heteroatoms. The zero-order chi connectivity index (χ0) is 18.2. The van der Waals surface area contributed by atoms with Crippen molar-refractivity contribution in [3.05, 3.63) is 35.9 Å². The fourth-order valence-corrected chi connectivity index (χ4v) is 1.79. The van der Waals surface area contributed by atoms with Crippen LogP contribution in [0.25, 0.3) is 0 Å². The number of esters is 2. The van der Waals surface area contributed by atoms with E-state index in [1.165, 1.54) is 7.11 Å². The zero-order valence-electron chi connectivity index (χ0n) is 14.8. The number of hydrogen-bond donors (Lipinski definition) is 1. The van der Waals surface area contributed by atoms with Gasteiger partial charge in [0.05, 0.1) is 13.5 Å². The Bertz CT molecular complexity index is 566. The minimum absolute atomic E-state index is 0. The van der Waals surface area contributed by atoms with Crippen LogP contribution in [0, 0.1) is 0 Å². The van der Waals surface area contributed by atoms with E-state index in [1.807, 2.05) is 18.2 Å². The normalized spacial score (nSPS) is 11.5. The SMILES string of the molecule is COC(=O)[C@@H](CC(=O)OC(C)(C)C)NC(=O)OCc1ccccc1.O. The summed E-state index contributed by atoms with van der Waals surface area (Å²) in [5.74, 6) is -1.38. The lowest BCUT2D eigenvalue weighted by Gasteiger charge is -2.21. The average molecular weight is 355 g/mol. The molecule has 1 amide bonds. The minimum Gasteiger partial charge on any atom is -0.467 e. The van der Waals surface area contributed by atoms with E-state index < -0.39 is 29.7 Å². The van der Waals surface area contributed by atoms with Crippen molar-refractivity contribution in [1.29, 1.82) is 0 Å². The number of methoxy groups -OCH3 is 1. The monoisotopic (exact) mass is 355 g/mol. The van der Waals surface area contributed by atoms with Gasteiger partial charge >= 0.3 is 18.0 Å². The van der Waals surface area contributed by atoms with E-state index in [9.17, 15) is 14.4 Å². The van der Waals surface area contributed by atoms with Crippen LogP contribution in [0.1, 0.15) is 32.8 Å². The molecule has 0 bridgehead atoms. The van der Waals surface area contributed by atoms with Crippen LogP contribution in [0.3, 0.4) is 0 Å². The lowest BCUT2D eigenvalue weighted by Crippen LogP contribution is -2.44. The van der Waals surface area contributed by atoms with Crippen LogP contribution in [0.15, 0.2) is 30.3 Å². The third-order valence-electron chi connectivity index (χ3n) is 2.78. The summed E-state index contributed by atoms with van der Waals surface area (Å²) < 4.78 is 14.8. The molecule has 1 rings (SSSR count). The van der Waals surface area contributed by atoms with E-state index in [0.717, 1.165) is 5.56 Å². The van der Waals surface area contributed by atoms with Crippen LogP contribution in [0.2, 0.25) is 0 Å². The van der Waals surface area contributed by atoms with E-state index >= 15 is 0 Å². The van der Waals surface area contributed by atoms with Crippen LogP contribution >= 0.6 is 0 Å². The first kappa shape index (κ1) is 22.4. The lowest BCUT2D eigenvalue weighted by molar-refractivity contribution is -0.158. The van der Waals surface area contributed by atoms with Crippen LogP contribution in [-0.4, -0.2) is 42.3 Å². The van der Waals surface area contributed by atoms with E-state index in [0.29, 0.717) is 0 Å². The van der Waals surface area contributed by atoms with Gasteiger partial charge in [-0.1, -0.05) is 30.3 Å². The molecule has 0 radical (unpaired) electrons. The molecule has 0 unspecified atom stereocenters. The molecule has 1 aromatic carbocycles. The molecule has 25 heavy (non-hydrogen) atoms. The molecular weight excluding hydrogens is 330 g/mol. The van der Waals surface area contributed by atoms with Crippen molar-refractivity contribution in [3.63, 3.8) is 0 Å². The smallest absolute Gasteiger partial charge is 0.408 e. The Morgan fingerprint density at radius 1 is 1.12 bits per heavy atom. The molecular formula is C17H25NO7. The number of nitrogens with one attached hydrogen (secondary N) is 1. The molecule has 8 nitrogen and oxygen atoms in total. The molecule has 0 fully saturated rings. The van der Waals surface area contributed by atoms with Gasteiger partial charge < -0.3 is 25.0 Å². The summed E-state index contributed by atoms with van der Waals surface area (Å²) in [5, 5.41) is 2.32. The number of amides is 1. The largest absolute Gasteiger partial charge is 0.467 e. The van der Waals surface area contributed by atoms with Crippen LogP contribution in [0.5, 0.6) is 0 Å². The van der Waals surface area contributed by atoms with E-state index in [-0.39, 0.29) is 18.5 Å². The zero-order valence-corrected chi connectivity index (χ0v) is 14.8. The second-order valence-electron chi connectivity index (χ2n) is 6.07. The van der Waals surface area contributed by atoms with Gasteiger partial charge in [0.25, 0.3) is 0 Å². The third kappa shape index (κ3) is 9.31. The van der Waals surface area contributed by atoms with Gasteiger partial charge in [-0.15, -0.1) is 0 Å². The molecule has 3 N–H and O–H groups in total. The second-order valence-corrected chi connectivity index (χ2v) is 6.07. The fourth-order valence-electron chi connectivity index (χ4n) is 1.79. The highest BCUT2D eigenvalue weighted by molar-refractivity contribution is 5.86. The minimum atomic E-state index is -1.17. The van der Waals surface area contributed by atoms with Crippen molar-refractivity contribution in [3.8, 4) is 0 Å². The number of carbonyl (C=O) groups excluding carboxylic acids is 3. The summed E-state index contributed by atoms with van der Waals surface area (Å²) >= 11 is 0. The van der Waals surface area contributed by atoms with Gasteiger partial charge in [0.15, 0.2) is 0 Å². The van der Waals surface area contributed by atoms with Crippen molar-refractivity contribution >= 4 is 18.0 Å². The number of alkyl carbamates (subject to hydrolysis) is 1. The molecule has 0 aliphatic heterocycles. The number of hydrogen-bond acceptors (Lipinski definition) is 6. The standard InChI is InChI=1S/C17H23NO6.H2O/c1-17(2,3)24-14(19)10-13(15(20)22-4)18-16(21)23-11-12-8-6-5-7-9-12;/h5-9,13H,10-11H2,1-4H3,(H,18,21);1H2/t13-;/m1./s1. The Balaban J connectivity index is 0.00000576. The van der Waals surface area contributed by atoms with Gasteiger partial charge in [0.1, 0.15) is 18.2 Å². The third-order valence-corrected chi connectivity index (χ3v) is 2.78. The van der Waals surface area contributed by atoms with Crippen LogP contribution in [0.4, 0.5) is 4.79 Å². The van der Waals surface area contributed by atoms with E-state index in [4.69, 9.17) is 9.47 Å². The quantitative estimate of drug-likeness (QED) is 0.607. The van der Waals surface area contributed by atoms with Gasteiger partial charge in [-0.2, -0.15) is 0 Å². The molecule has 0 spiro atoms. The Kier molecular flexibility index (Phi) is 9.22.